The molecule has 0 atom stereocenters. The molecule has 0 fully saturated rings. The van der Waals surface area contributed by atoms with Gasteiger partial charge in [0.15, 0.2) is 0 Å². The molecule has 0 bridgehead atoms. The van der Waals surface area contributed by atoms with Crippen LogP contribution in [0, 0.1) is 24.2 Å². The first-order chi connectivity index (χ1) is 11.0. The van der Waals surface area contributed by atoms with Crippen molar-refractivity contribution in [3.8, 4) is 6.07 Å². The van der Waals surface area contributed by atoms with Gasteiger partial charge in [-0.25, -0.2) is 0 Å². The fraction of sp³-hybridized carbons (Fsp3) is 0.333. The van der Waals surface area contributed by atoms with Crippen molar-refractivity contribution in [3.05, 3.63) is 29.2 Å². The second kappa shape index (κ2) is 7.94. The lowest BCUT2D eigenvalue weighted by Gasteiger charge is -2.00. The average Bonchev–Trinajstić information content (AvgIpc) is 3.11. The molecular weight excluding hydrogens is 332 g/mol. The standard InChI is InChI=1S/C15H16N4O2S2/c1-9(2)8-22-15-18-14(23-19-15)17-13(20)11(7-16)6-12-5-4-10(3)21-12/h4-6,9H,8H2,1-3H3,(H,17,18,19,20)/b11-6-. The van der Waals surface area contributed by atoms with E-state index in [-0.39, 0.29) is 5.57 Å². The zero-order valence-corrected chi connectivity index (χ0v) is 14.6. The van der Waals surface area contributed by atoms with Crippen LogP contribution in [0.15, 0.2) is 27.3 Å². The van der Waals surface area contributed by atoms with Gasteiger partial charge >= 0.3 is 0 Å². The first-order valence-corrected chi connectivity index (χ1v) is 8.70. The molecule has 0 saturated carbocycles. The number of nitrogens with one attached hydrogen (secondary N) is 1. The van der Waals surface area contributed by atoms with E-state index in [2.05, 4.69) is 28.5 Å². The number of rotatable bonds is 6. The summed E-state index contributed by atoms with van der Waals surface area (Å²) in [5.74, 6) is 2.08. The van der Waals surface area contributed by atoms with Crippen molar-refractivity contribution in [2.45, 2.75) is 25.9 Å². The average molecular weight is 348 g/mol. The Kier molecular flexibility index (Phi) is 5.96. The van der Waals surface area contributed by atoms with E-state index in [4.69, 9.17) is 9.68 Å². The van der Waals surface area contributed by atoms with Crippen molar-refractivity contribution < 1.29 is 9.21 Å². The van der Waals surface area contributed by atoms with Crippen LogP contribution in [0.5, 0.6) is 0 Å². The molecule has 0 aromatic carbocycles. The van der Waals surface area contributed by atoms with Crippen LogP contribution in [-0.2, 0) is 4.79 Å². The SMILES string of the molecule is Cc1ccc(/C=C(/C#N)C(=O)Nc2nc(SCC(C)C)ns2)o1. The summed E-state index contributed by atoms with van der Waals surface area (Å²) in [7, 11) is 0. The summed E-state index contributed by atoms with van der Waals surface area (Å²) < 4.78 is 9.51. The lowest BCUT2D eigenvalue weighted by molar-refractivity contribution is -0.112. The molecule has 0 saturated heterocycles. The highest BCUT2D eigenvalue weighted by molar-refractivity contribution is 7.99. The maximum atomic E-state index is 12.1. The van der Waals surface area contributed by atoms with E-state index < -0.39 is 5.91 Å². The molecule has 0 spiro atoms. The van der Waals surface area contributed by atoms with Gasteiger partial charge in [-0.1, -0.05) is 25.6 Å². The third-order valence-corrected chi connectivity index (χ3v) is 4.61. The summed E-state index contributed by atoms with van der Waals surface area (Å²) in [5, 5.41) is 12.7. The van der Waals surface area contributed by atoms with Crippen LogP contribution < -0.4 is 5.32 Å². The molecule has 1 N–H and O–H groups in total. The van der Waals surface area contributed by atoms with E-state index >= 15 is 0 Å². The van der Waals surface area contributed by atoms with Gasteiger partial charge in [0, 0.05) is 23.4 Å². The normalized spacial score (nSPS) is 11.5. The molecule has 120 valence electrons. The second-order valence-corrected chi connectivity index (χ2v) is 6.90. The second-order valence-electron chi connectivity index (χ2n) is 5.16. The zero-order valence-electron chi connectivity index (χ0n) is 13.0. The third kappa shape index (κ3) is 5.23. The Morgan fingerprint density at radius 3 is 2.96 bits per heavy atom. The molecule has 0 aliphatic heterocycles. The van der Waals surface area contributed by atoms with E-state index in [1.165, 1.54) is 17.8 Å². The summed E-state index contributed by atoms with van der Waals surface area (Å²) >= 11 is 2.63. The molecule has 8 heteroatoms. The number of amides is 1. The van der Waals surface area contributed by atoms with E-state index in [0.717, 1.165) is 17.3 Å². The van der Waals surface area contributed by atoms with Gasteiger partial charge in [-0.3, -0.25) is 10.1 Å². The molecule has 0 aliphatic carbocycles. The summed E-state index contributed by atoms with van der Waals surface area (Å²) in [5.41, 5.74) is -0.0501. The van der Waals surface area contributed by atoms with Crippen molar-refractivity contribution in [2.24, 2.45) is 5.92 Å². The highest BCUT2D eigenvalue weighted by atomic mass is 32.2. The molecule has 0 radical (unpaired) electrons. The summed E-state index contributed by atoms with van der Waals surface area (Å²) in [6.07, 6.45) is 1.40. The summed E-state index contributed by atoms with van der Waals surface area (Å²) in [6, 6.07) is 5.33. The highest BCUT2D eigenvalue weighted by Crippen LogP contribution is 2.22. The molecule has 0 aliphatic rings. The van der Waals surface area contributed by atoms with Crippen LogP contribution >= 0.6 is 23.3 Å². The molecule has 6 nitrogen and oxygen atoms in total. The molecular formula is C15H16N4O2S2. The molecule has 0 unspecified atom stereocenters. The van der Waals surface area contributed by atoms with Gasteiger partial charge in [-0.15, -0.1) is 0 Å². The Labute approximate surface area is 142 Å². The number of furan rings is 1. The molecule has 2 rings (SSSR count). The monoisotopic (exact) mass is 348 g/mol. The maximum Gasteiger partial charge on any atom is 0.268 e. The number of aryl methyl sites for hydroxylation is 1. The lowest BCUT2D eigenvalue weighted by Crippen LogP contribution is -2.13. The minimum absolute atomic E-state index is 0.0501. The first kappa shape index (κ1) is 17.2. The number of nitriles is 1. The molecule has 23 heavy (non-hydrogen) atoms. The topological polar surface area (TPSA) is 91.8 Å². The maximum absolute atomic E-state index is 12.1. The number of carbonyl (C=O) groups excluding carboxylic acids is 1. The van der Waals surface area contributed by atoms with Crippen molar-refractivity contribution in [1.82, 2.24) is 9.36 Å². The van der Waals surface area contributed by atoms with Gasteiger partial charge in [-0.05, 0) is 25.0 Å². The molecule has 2 aromatic rings. The quantitative estimate of drug-likeness (QED) is 0.486. The van der Waals surface area contributed by atoms with Gasteiger partial charge in [0.1, 0.15) is 23.2 Å². The van der Waals surface area contributed by atoms with E-state index in [0.29, 0.717) is 27.7 Å². The van der Waals surface area contributed by atoms with E-state index in [9.17, 15) is 4.79 Å². The van der Waals surface area contributed by atoms with Crippen LogP contribution in [0.2, 0.25) is 0 Å². The number of carbonyl (C=O) groups is 1. The van der Waals surface area contributed by atoms with Crippen LogP contribution in [0.1, 0.15) is 25.4 Å². The lowest BCUT2D eigenvalue weighted by atomic mass is 10.2. The van der Waals surface area contributed by atoms with Crippen molar-refractivity contribution >= 4 is 40.4 Å². The Hall–Kier alpha value is -2.11. The van der Waals surface area contributed by atoms with Crippen molar-refractivity contribution in [1.29, 1.82) is 5.26 Å². The fourth-order valence-corrected chi connectivity index (χ4v) is 3.04. The van der Waals surface area contributed by atoms with Crippen molar-refractivity contribution in [2.75, 3.05) is 11.1 Å². The minimum atomic E-state index is -0.530. The van der Waals surface area contributed by atoms with Gasteiger partial charge in [0.2, 0.25) is 10.3 Å². The largest absolute Gasteiger partial charge is 0.462 e. The Balaban J connectivity index is 2.02. The zero-order chi connectivity index (χ0) is 16.8. The van der Waals surface area contributed by atoms with Crippen LogP contribution in [0.4, 0.5) is 5.13 Å². The van der Waals surface area contributed by atoms with Crippen molar-refractivity contribution in [3.63, 3.8) is 0 Å². The third-order valence-electron chi connectivity index (χ3n) is 2.59. The predicted molar refractivity (Wildman–Crippen MR) is 91.1 cm³/mol. The number of hydrogen-bond acceptors (Lipinski definition) is 7. The number of hydrogen-bond donors (Lipinski definition) is 1. The smallest absolute Gasteiger partial charge is 0.268 e. The fourth-order valence-electron chi connectivity index (χ4n) is 1.55. The predicted octanol–water partition coefficient (Wildman–Crippen LogP) is 3.73. The summed E-state index contributed by atoms with van der Waals surface area (Å²) in [4.78, 5) is 16.3. The Morgan fingerprint density at radius 2 is 2.35 bits per heavy atom. The molecule has 2 heterocycles. The Morgan fingerprint density at radius 1 is 1.57 bits per heavy atom. The molecule has 1 amide bonds. The number of aromatic nitrogens is 2. The van der Waals surface area contributed by atoms with E-state index in [1.807, 2.05) is 6.07 Å². The number of nitrogens with zero attached hydrogens (tertiary/aromatic N) is 3. The first-order valence-electron chi connectivity index (χ1n) is 6.94. The Bertz CT molecular complexity index is 756. The highest BCUT2D eigenvalue weighted by Gasteiger charge is 2.14. The van der Waals surface area contributed by atoms with Gasteiger partial charge in [-0.2, -0.15) is 14.6 Å². The number of thioether (sulfide) groups is 1. The van der Waals surface area contributed by atoms with Gasteiger partial charge in [0.05, 0.1) is 0 Å². The molecule has 2 aromatic heterocycles. The van der Waals surface area contributed by atoms with Gasteiger partial charge in [0.25, 0.3) is 5.91 Å². The van der Waals surface area contributed by atoms with Crippen LogP contribution in [0.3, 0.4) is 0 Å². The van der Waals surface area contributed by atoms with E-state index in [1.54, 1.807) is 19.1 Å². The summed E-state index contributed by atoms with van der Waals surface area (Å²) in [6.45, 7) is 6.02. The van der Waals surface area contributed by atoms with Crippen LogP contribution in [-0.4, -0.2) is 21.0 Å². The van der Waals surface area contributed by atoms with Crippen LogP contribution in [0.25, 0.3) is 6.08 Å². The minimum Gasteiger partial charge on any atom is -0.462 e. The van der Waals surface area contributed by atoms with Gasteiger partial charge < -0.3 is 4.42 Å². The number of anilines is 1.